The van der Waals surface area contributed by atoms with Crippen LogP contribution in [0.15, 0.2) is 24.3 Å². The quantitative estimate of drug-likeness (QED) is 0.558. The normalized spacial score (nSPS) is 10.7. The lowest BCUT2D eigenvalue weighted by atomic mass is 10.0. The lowest BCUT2D eigenvalue weighted by Crippen LogP contribution is -2.01. The maximum Gasteiger partial charge on any atom is 0.189 e. The molecule has 0 radical (unpaired) electrons. The maximum atomic E-state index is 11.7. The summed E-state index contributed by atoms with van der Waals surface area (Å²) in [6, 6.07) is 3.75. The first-order valence-electron chi connectivity index (χ1n) is 4.93. The molecule has 0 saturated carbocycles. The summed E-state index contributed by atoms with van der Waals surface area (Å²) >= 11 is 0. The van der Waals surface area contributed by atoms with Crippen LogP contribution < -0.4 is 4.74 Å². The lowest BCUT2D eigenvalue weighted by Gasteiger charge is -2.11. The second kappa shape index (κ2) is 4.78. The highest BCUT2D eigenvalue weighted by atomic mass is 16.5. The molecule has 2 heteroatoms. The Morgan fingerprint density at radius 1 is 1.33 bits per heavy atom. The topological polar surface area (TPSA) is 26.3 Å². The highest BCUT2D eigenvalue weighted by Crippen LogP contribution is 2.26. The van der Waals surface area contributed by atoms with Crippen LogP contribution in [0.25, 0.3) is 0 Å². The third kappa shape index (κ3) is 2.27. The standard InChI is InChI=1S/C13H16O2/c1-5-6-12(14)11-8-7-9(2)10(3)13(11)15-4/h5-8H,1-4H3/b6-5+. The van der Waals surface area contributed by atoms with Gasteiger partial charge in [-0.15, -0.1) is 0 Å². The minimum Gasteiger partial charge on any atom is -0.496 e. The van der Waals surface area contributed by atoms with Crippen LogP contribution in [0.1, 0.15) is 28.4 Å². The van der Waals surface area contributed by atoms with Crippen molar-refractivity contribution in [3.05, 3.63) is 41.0 Å². The third-order valence-electron chi connectivity index (χ3n) is 2.46. The van der Waals surface area contributed by atoms with Gasteiger partial charge >= 0.3 is 0 Å². The molecule has 80 valence electrons. The summed E-state index contributed by atoms with van der Waals surface area (Å²) in [4.78, 5) is 11.7. The Labute approximate surface area is 90.6 Å². The van der Waals surface area contributed by atoms with E-state index < -0.39 is 0 Å². The van der Waals surface area contributed by atoms with Crippen molar-refractivity contribution in [2.24, 2.45) is 0 Å². The molecule has 0 bridgehead atoms. The van der Waals surface area contributed by atoms with Crippen molar-refractivity contribution in [1.82, 2.24) is 0 Å². The fraction of sp³-hybridized carbons (Fsp3) is 0.308. The van der Waals surface area contributed by atoms with Gasteiger partial charge in [0.2, 0.25) is 0 Å². The van der Waals surface area contributed by atoms with Crippen LogP contribution in [0.4, 0.5) is 0 Å². The summed E-state index contributed by atoms with van der Waals surface area (Å²) in [6.45, 7) is 5.79. The van der Waals surface area contributed by atoms with Gasteiger partial charge < -0.3 is 4.74 Å². The molecular weight excluding hydrogens is 188 g/mol. The van der Waals surface area contributed by atoms with E-state index in [1.54, 1.807) is 19.3 Å². The van der Waals surface area contributed by atoms with E-state index in [-0.39, 0.29) is 5.78 Å². The summed E-state index contributed by atoms with van der Waals surface area (Å²) in [5.41, 5.74) is 2.77. The van der Waals surface area contributed by atoms with Crippen molar-refractivity contribution in [2.45, 2.75) is 20.8 Å². The van der Waals surface area contributed by atoms with Crippen molar-refractivity contribution >= 4 is 5.78 Å². The maximum absolute atomic E-state index is 11.7. The van der Waals surface area contributed by atoms with Crippen LogP contribution in [0, 0.1) is 13.8 Å². The van der Waals surface area contributed by atoms with Gasteiger partial charge in [-0.25, -0.2) is 0 Å². The Balaban J connectivity index is 3.30. The molecule has 0 heterocycles. The summed E-state index contributed by atoms with van der Waals surface area (Å²) in [5, 5.41) is 0. The molecule has 0 N–H and O–H groups in total. The van der Waals surface area contributed by atoms with Gasteiger partial charge in [0.05, 0.1) is 12.7 Å². The molecule has 0 saturated heterocycles. The number of rotatable bonds is 3. The molecule has 2 nitrogen and oxygen atoms in total. The number of carbonyl (C=O) groups is 1. The van der Waals surface area contributed by atoms with Crippen LogP contribution in [-0.4, -0.2) is 12.9 Å². The molecule has 0 aromatic heterocycles. The Morgan fingerprint density at radius 3 is 2.53 bits per heavy atom. The second-order valence-electron chi connectivity index (χ2n) is 3.45. The van der Waals surface area contributed by atoms with Crippen molar-refractivity contribution in [2.75, 3.05) is 7.11 Å². The van der Waals surface area contributed by atoms with E-state index in [9.17, 15) is 4.79 Å². The smallest absolute Gasteiger partial charge is 0.189 e. The molecule has 0 fully saturated rings. The Morgan fingerprint density at radius 2 is 2.00 bits per heavy atom. The number of hydrogen-bond donors (Lipinski definition) is 0. The van der Waals surface area contributed by atoms with Crippen molar-refractivity contribution in [3.8, 4) is 5.75 Å². The van der Waals surface area contributed by atoms with E-state index in [0.29, 0.717) is 11.3 Å². The summed E-state index contributed by atoms with van der Waals surface area (Å²) in [5.74, 6) is 0.663. The zero-order chi connectivity index (χ0) is 11.4. The van der Waals surface area contributed by atoms with Gasteiger partial charge in [0.1, 0.15) is 5.75 Å². The molecule has 0 aliphatic rings. The third-order valence-corrected chi connectivity index (χ3v) is 2.46. The number of allylic oxidation sites excluding steroid dienone is 2. The summed E-state index contributed by atoms with van der Waals surface area (Å²) in [7, 11) is 1.59. The molecule has 1 aromatic carbocycles. The Bertz CT molecular complexity index is 403. The molecule has 0 aliphatic heterocycles. The highest BCUT2D eigenvalue weighted by Gasteiger charge is 2.12. The van der Waals surface area contributed by atoms with E-state index in [1.807, 2.05) is 32.9 Å². The largest absolute Gasteiger partial charge is 0.496 e. The number of benzene rings is 1. The summed E-state index contributed by atoms with van der Waals surface area (Å²) in [6.07, 6.45) is 3.28. The van der Waals surface area contributed by atoms with E-state index in [1.165, 1.54) is 0 Å². The van der Waals surface area contributed by atoms with E-state index in [4.69, 9.17) is 4.74 Å². The number of methoxy groups -OCH3 is 1. The van der Waals surface area contributed by atoms with E-state index in [0.717, 1.165) is 11.1 Å². The van der Waals surface area contributed by atoms with Gasteiger partial charge in [0, 0.05) is 0 Å². The lowest BCUT2D eigenvalue weighted by molar-refractivity contribution is 0.104. The van der Waals surface area contributed by atoms with Crippen LogP contribution in [0.2, 0.25) is 0 Å². The van der Waals surface area contributed by atoms with E-state index >= 15 is 0 Å². The fourth-order valence-corrected chi connectivity index (χ4v) is 1.49. The average Bonchev–Trinajstić information content (AvgIpc) is 2.22. The summed E-state index contributed by atoms with van der Waals surface area (Å²) < 4.78 is 5.27. The van der Waals surface area contributed by atoms with Gasteiger partial charge in [-0.1, -0.05) is 12.1 Å². The number of ether oxygens (including phenoxy) is 1. The molecule has 1 aromatic rings. The first kappa shape index (κ1) is 11.5. The molecule has 1 rings (SSSR count). The highest BCUT2D eigenvalue weighted by molar-refractivity contribution is 6.06. The van der Waals surface area contributed by atoms with Gasteiger partial charge in [-0.2, -0.15) is 0 Å². The predicted molar refractivity (Wildman–Crippen MR) is 61.6 cm³/mol. The minimum atomic E-state index is -0.0162. The predicted octanol–water partition coefficient (Wildman–Crippen LogP) is 3.07. The second-order valence-corrected chi connectivity index (χ2v) is 3.45. The van der Waals surface area contributed by atoms with Crippen LogP contribution in [-0.2, 0) is 0 Å². The number of aryl methyl sites for hydroxylation is 1. The average molecular weight is 204 g/mol. The first-order valence-corrected chi connectivity index (χ1v) is 4.93. The van der Waals surface area contributed by atoms with Gasteiger partial charge in [0.25, 0.3) is 0 Å². The van der Waals surface area contributed by atoms with Gasteiger partial charge in [0.15, 0.2) is 5.78 Å². The zero-order valence-corrected chi connectivity index (χ0v) is 9.63. The zero-order valence-electron chi connectivity index (χ0n) is 9.63. The van der Waals surface area contributed by atoms with Crippen molar-refractivity contribution in [3.63, 3.8) is 0 Å². The number of hydrogen-bond acceptors (Lipinski definition) is 2. The van der Waals surface area contributed by atoms with Crippen LogP contribution in [0.3, 0.4) is 0 Å². The van der Waals surface area contributed by atoms with E-state index in [2.05, 4.69) is 0 Å². The molecule has 0 aliphatic carbocycles. The number of ketones is 1. The van der Waals surface area contributed by atoms with Crippen molar-refractivity contribution in [1.29, 1.82) is 0 Å². The molecule has 0 spiro atoms. The van der Waals surface area contributed by atoms with Crippen LogP contribution >= 0.6 is 0 Å². The van der Waals surface area contributed by atoms with Crippen LogP contribution in [0.5, 0.6) is 5.75 Å². The molecule has 0 unspecified atom stereocenters. The van der Waals surface area contributed by atoms with Gasteiger partial charge in [-0.05, 0) is 44.0 Å². The fourth-order valence-electron chi connectivity index (χ4n) is 1.49. The monoisotopic (exact) mass is 204 g/mol. The Hall–Kier alpha value is -1.57. The SMILES string of the molecule is C/C=C/C(=O)c1ccc(C)c(C)c1OC. The molecule has 15 heavy (non-hydrogen) atoms. The minimum absolute atomic E-state index is 0.0162. The molecule has 0 atom stereocenters. The molecule has 0 amide bonds. The van der Waals surface area contributed by atoms with Crippen molar-refractivity contribution < 1.29 is 9.53 Å². The Kier molecular flexibility index (Phi) is 3.67. The first-order chi connectivity index (χ1) is 7.11. The van der Waals surface area contributed by atoms with Gasteiger partial charge in [-0.3, -0.25) is 4.79 Å². The molecular formula is C13H16O2. The number of carbonyl (C=O) groups excluding carboxylic acids is 1.